The Labute approximate surface area is 85.0 Å². The summed E-state index contributed by atoms with van der Waals surface area (Å²) in [4.78, 5) is 6.82. The lowest BCUT2D eigenvalue weighted by atomic mass is 10.2. The van der Waals surface area contributed by atoms with Crippen molar-refractivity contribution in [3.05, 3.63) is 29.6 Å². The molecule has 0 bridgehead atoms. The predicted octanol–water partition coefficient (Wildman–Crippen LogP) is 2.34. The zero-order chi connectivity index (χ0) is 9.38. The molecule has 0 radical (unpaired) electrons. The quantitative estimate of drug-likeness (QED) is 0.672. The average molecular weight is 188 g/mol. The Kier molecular flexibility index (Phi) is 2.02. The zero-order valence-electron chi connectivity index (χ0n) is 8.45. The summed E-state index contributed by atoms with van der Waals surface area (Å²) < 4.78 is 0. The molecule has 2 nitrogen and oxygen atoms in total. The summed E-state index contributed by atoms with van der Waals surface area (Å²) in [7, 11) is 0. The summed E-state index contributed by atoms with van der Waals surface area (Å²) in [5, 5.41) is 0. The highest BCUT2D eigenvalue weighted by Crippen LogP contribution is 2.30. The minimum atomic E-state index is 0.849. The Morgan fingerprint density at radius 3 is 2.71 bits per heavy atom. The van der Waals surface area contributed by atoms with Crippen molar-refractivity contribution in [3.63, 3.8) is 0 Å². The summed E-state index contributed by atoms with van der Waals surface area (Å²) in [6, 6.07) is 3.02. The molecule has 0 atom stereocenters. The van der Waals surface area contributed by atoms with Gasteiger partial charge in [-0.1, -0.05) is 12.8 Å². The summed E-state index contributed by atoms with van der Waals surface area (Å²) in [5.74, 6) is 0. The first kappa shape index (κ1) is 8.42. The third kappa shape index (κ3) is 1.34. The lowest BCUT2D eigenvalue weighted by Crippen LogP contribution is -2.27. The number of rotatable bonds is 1. The summed E-state index contributed by atoms with van der Waals surface area (Å²) in [6.07, 6.45) is 9.61. The van der Waals surface area contributed by atoms with Gasteiger partial charge in [0.1, 0.15) is 0 Å². The van der Waals surface area contributed by atoms with Crippen LogP contribution >= 0.6 is 0 Å². The van der Waals surface area contributed by atoms with E-state index >= 15 is 0 Å². The molecule has 74 valence electrons. The van der Waals surface area contributed by atoms with Gasteiger partial charge in [-0.3, -0.25) is 9.88 Å². The number of hydrogen-bond donors (Lipinski definition) is 0. The molecule has 2 aliphatic rings. The Morgan fingerprint density at radius 1 is 1.14 bits per heavy atom. The van der Waals surface area contributed by atoms with Crippen LogP contribution in [0.5, 0.6) is 0 Å². The van der Waals surface area contributed by atoms with Crippen molar-refractivity contribution < 1.29 is 0 Å². The lowest BCUT2D eigenvalue weighted by Gasteiger charge is -2.22. The number of nitrogens with zero attached hydrogens (tertiary/aromatic N) is 2. The summed E-state index contributed by atoms with van der Waals surface area (Å²) >= 11 is 0. The highest BCUT2D eigenvalue weighted by molar-refractivity contribution is 5.27. The molecule has 0 aromatic carbocycles. The van der Waals surface area contributed by atoms with Gasteiger partial charge in [-0.2, -0.15) is 0 Å². The molecule has 1 aromatic rings. The topological polar surface area (TPSA) is 16.1 Å². The Balaban J connectivity index is 1.77. The van der Waals surface area contributed by atoms with E-state index in [2.05, 4.69) is 16.0 Å². The van der Waals surface area contributed by atoms with Crippen LogP contribution in [0.2, 0.25) is 0 Å². The van der Waals surface area contributed by atoms with Crippen LogP contribution in [0.25, 0.3) is 0 Å². The highest BCUT2D eigenvalue weighted by Gasteiger charge is 2.27. The Bertz CT molecular complexity index is 304. The van der Waals surface area contributed by atoms with Gasteiger partial charge >= 0.3 is 0 Å². The molecule has 1 aliphatic heterocycles. The van der Waals surface area contributed by atoms with Crippen molar-refractivity contribution >= 4 is 0 Å². The van der Waals surface area contributed by atoms with E-state index in [4.69, 9.17) is 0 Å². The van der Waals surface area contributed by atoms with E-state index in [9.17, 15) is 0 Å². The largest absolute Gasteiger partial charge is 0.292 e. The van der Waals surface area contributed by atoms with Crippen LogP contribution in [0.4, 0.5) is 0 Å². The molecule has 0 unspecified atom stereocenters. The van der Waals surface area contributed by atoms with Crippen molar-refractivity contribution in [2.24, 2.45) is 0 Å². The standard InChI is InChI=1S/C12H16N2/c1-2-4-12(3-1)14-8-10-5-6-13-7-11(10)9-14/h5-7,12H,1-4,8-9H2. The van der Waals surface area contributed by atoms with Crippen LogP contribution < -0.4 is 0 Å². The second kappa shape index (κ2) is 3.35. The smallest absolute Gasteiger partial charge is 0.0316 e. The molecule has 2 heterocycles. The van der Waals surface area contributed by atoms with E-state index in [1.54, 1.807) is 0 Å². The molecule has 0 spiro atoms. The molecular weight excluding hydrogens is 172 g/mol. The number of hydrogen-bond acceptors (Lipinski definition) is 2. The van der Waals surface area contributed by atoms with Gasteiger partial charge in [0.25, 0.3) is 0 Å². The van der Waals surface area contributed by atoms with Gasteiger partial charge in [0, 0.05) is 31.5 Å². The molecule has 1 aromatic heterocycles. The SMILES string of the molecule is c1cc2c(cn1)CN(C1CCCC1)C2. The fraction of sp³-hybridized carbons (Fsp3) is 0.583. The molecule has 0 N–H and O–H groups in total. The first-order chi connectivity index (χ1) is 6.93. The lowest BCUT2D eigenvalue weighted by molar-refractivity contribution is 0.202. The molecule has 2 heteroatoms. The minimum Gasteiger partial charge on any atom is -0.292 e. The minimum absolute atomic E-state index is 0.849. The van der Waals surface area contributed by atoms with E-state index < -0.39 is 0 Å². The van der Waals surface area contributed by atoms with E-state index in [0.29, 0.717) is 0 Å². The second-order valence-corrected chi connectivity index (χ2v) is 4.49. The second-order valence-electron chi connectivity index (χ2n) is 4.49. The van der Waals surface area contributed by atoms with Gasteiger partial charge in [0.15, 0.2) is 0 Å². The van der Waals surface area contributed by atoms with Gasteiger partial charge in [0.2, 0.25) is 0 Å². The molecule has 14 heavy (non-hydrogen) atoms. The van der Waals surface area contributed by atoms with Crippen molar-refractivity contribution in [2.45, 2.75) is 44.8 Å². The molecule has 1 aliphatic carbocycles. The van der Waals surface area contributed by atoms with Crippen LogP contribution in [0, 0.1) is 0 Å². The van der Waals surface area contributed by atoms with E-state index in [1.165, 1.54) is 36.8 Å². The van der Waals surface area contributed by atoms with Crippen LogP contribution in [0.1, 0.15) is 36.8 Å². The fourth-order valence-corrected chi connectivity index (χ4v) is 2.77. The van der Waals surface area contributed by atoms with Crippen molar-refractivity contribution in [1.82, 2.24) is 9.88 Å². The summed E-state index contributed by atoms with van der Waals surface area (Å²) in [6.45, 7) is 2.29. The fourth-order valence-electron chi connectivity index (χ4n) is 2.77. The molecule has 0 saturated heterocycles. The van der Waals surface area contributed by atoms with Crippen LogP contribution in [-0.2, 0) is 13.1 Å². The van der Waals surface area contributed by atoms with Gasteiger partial charge in [0.05, 0.1) is 0 Å². The zero-order valence-corrected chi connectivity index (χ0v) is 8.45. The first-order valence-electron chi connectivity index (χ1n) is 5.59. The molecule has 1 saturated carbocycles. The maximum Gasteiger partial charge on any atom is 0.0316 e. The van der Waals surface area contributed by atoms with E-state index in [1.807, 2.05) is 12.4 Å². The van der Waals surface area contributed by atoms with Crippen LogP contribution in [0.3, 0.4) is 0 Å². The molecule has 1 fully saturated rings. The number of aromatic nitrogens is 1. The summed E-state index contributed by atoms with van der Waals surface area (Å²) in [5.41, 5.74) is 2.94. The van der Waals surface area contributed by atoms with Gasteiger partial charge < -0.3 is 0 Å². The van der Waals surface area contributed by atoms with Gasteiger partial charge in [-0.15, -0.1) is 0 Å². The Morgan fingerprint density at radius 2 is 1.93 bits per heavy atom. The Hall–Kier alpha value is -0.890. The van der Waals surface area contributed by atoms with E-state index in [0.717, 1.165) is 19.1 Å². The highest BCUT2D eigenvalue weighted by atomic mass is 15.2. The van der Waals surface area contributed by atoms with Crippen molar-refractivity contribution in [3.8, 4) is 0 Å². The van der Waals surface area contributed by atoms with Crippen molar-refractivity contribution in [2.75, 3.05) is 0 Å². The molecule has 0 amide bonds. The van der Waals surface area contributed by atoms with Crippen molar-refractivity contribution in [1.29, 1.82) is 0 Å². The van der Waals surface area contributed by atoms with E-state index in [-0.39, 0.29) is 0 Å². The molecular formula is C12H16N2. The number of pyridine rings is 1. The normalized spacial score (nSPS) is 22.9. The van der Waals surface area contributed by atoms with Gasteiger partial charge in [-0.05, 0) is 30.0 Å². The van der Waals surface area contributed by atoms with Gasteiger partial charge in [-0.25, -0.2) is 0 Å². The molecule has 3 rings (SSSR count). The number of fused-ring (bicyclic) bond motifs is 1. The first-order valence-corrected chi connectivity index (χ1v) is 5.59. The van der Waals surface area contributed by atoms with Crippen LogP contribution in [0.15, 0.2) is 18.5 Å². The third-order valence-corrected chi connectivity index (χ3v) is 3.59. The maximum absolute atomic E-state index is 4.19. The van der Waals surface area contributed by atoms with Crippen LogP contribution in [-0.4, -0.2) is 15.9 Å². The maximum atomic E-state index is 4.19. The average Bonchev–Trinajstić information content (AvgIpc) is 2.86. The third-order valence-electron chi connectivity index (χ3n) is 3.59. The monoisotopic (exact) mass is 188 g/mol. The predicted molar refractivity (Wildman–Crippen MR) is 55.7 cm³/mol.